The minimum Gasteiger partial charge on any atom is -0.506 e. The van der Waals surface area contributed by atoms with Crippen molar-refractivity contribution in [2.45, 2.75) is 0 Å². The van der Waals surface area contributed by atoms with E-state index in [2.05, 4.69) is 16.9 Å². The van der Waals surface area contributed by atoms with Crippen molar-refractivity contribution in [3.8, 4) is 5.75 Å². The van der Waals surface area contributed by atoms with Crippen LogP contribution in [0.5, 0.6) is 5.75 Å². The minimum absolute atomic E-state index is 0.109. The van der Waals surface area contributed by atoms with Gasteiger partial charge in [-0.1, -0.05) is 12.6 Å². The number of benzene rings is 1. The number of pyridine rings is 1. The minimum atomic E-state index is 0.109. The molecule has 4 nitrogen and oxygen atoms in total. The third-order valence-electron chi connectivity index (χ3n) is 2.31. The molecule has 16 heavy (non-hydrogen) atoms. The molecule has 2 N–H and O–H groups in total. The molecule has 2 aromatic rings. The Hall–Kier alpha value is -2.36. The molecule has 1 aromatic heterocycles. The number of rotatable bonds is 3. The van der Waals surface area contributed by atoms with Crippen LogP contribution in [0.25, 0.3) is 16.6 Å². The number of amides is 1. The van der Waals surface area contributed by atoms with E-state index >= 15 is 0 Å². The van der Waals surface area contributed by atoms with Crippen molar-refractivity contribution in [2.75, 3.05) is 0 Å². The lowest BCUT2D eigenvalue weighted by Crippen LogP contribution is -2.08. The first-order valence-corrected chi connectivity index (χ1v) is 4.70. The first kappa shape index (κ1) is 10.2. The van der Waals surface area contributed by atoms with Gasteiger partial charge >= 0.3 is 0 Å². The van der Waals surface area contributed by atoms with Crippen molar-refractivity contribution in [1.82, 2.24) is 10.3 Å². The number of carbonyl (C=O) groups excluding carboxylic acids is 1. The Morgan fingerprint density at radius 1 is 1.44 bits per heavy atom. The summed E-state index contributed by atoms with van der Waals surface area (Å²) in [5, 5.41) is 12.9. The van der Waals surface area contributed by atoms with Gasteiger partial charge in [0.15, 0.2) is 0 Å². The van der Waals surface area contributed by atoms with E-state index in [0.29, 0.717) is 17.6 Å². The zero-order valence-electron chi connectivity index (χ0n) is 8.47. The number of hydrogen-bond acceptors (Lipinski definition) is 3. The molecule has 2 rings (SSSR count). The Morgan fingerprint density at radius 3 is 3.00 bits per heavy atom. The van der Waals surface area contributed by atoms with E-state index in [4.69, 9.17) is 0 Å². The monoisotopic (exact) mass is 214 g/mol. The van der Waals surface area contributed by atoms with Gasteiger partial charge in [0.2, 0.25) is 6.41 Å². The Bertz CT molecular complexity index is 564. The molecule has 80 valence electrons. The highest BCUT2D eigenvalue weighted by molar-refractivity contribution is 5.95. The van der Waals surface area contributed by atoms with Crippen LogP contribution in [0.1, 0.15) is 5.56 Å². The number of nitrogens with zero attached hydrogens (tertiary/aromatic N) is 1. The van der Waals surface area contributed by atoms with Gasteiger partial charge in [0, 0.05) is 22.8 Å². The van der Waals surface area contributed by atoms with Crippen molar-refractivity contribution in [1.29, 1.82) is 0 Å². The standard InChI is InChI=1S/C12H10N2O2/c1-8(14-7-15)9-4-5-11(16)12-10(9)3-2-6-13-12/h2-7,16H,1H2,(H,14,15). The second-order valence-electron chi connectivity index (χ2n) is 3.27. The van der Waals surface area contributed by atoms with Crippen molar-refractivity contribution in [3.63, 3.8) is 0 Å². The molecule has 1 aromatic carbocycles. The van der Waals surface area contributed by atoms with Gasteiger partial charge in [0.1, 0.15) is 11.3 Å². The van der Waals surface area contributed by atoms with E-state index in [-0.39, 0.29) is 5.75 Å². The van der Waals surface area contributed by atoms with Gasteiger partial charge in [0.05, 0.1) is 0 Å². The van der Waals surface area contributed by atoms with Crippen LogP contribution in [-0.2, 0) is 4.79 Å². The second kappa shape index (κ2) is 4.02. The zero-order chi connectivity index (χ0) is 11.5. The van der Waals surface area contributed by atoms with Gasteiger partial charge in [-0.3, -0.25) is 9.78 Å². The number of aromatic hydroxyl groups is 1. The summed E-state index contributed by atoms with van der Waals surface area (Å²) in [6, 6.07) is 6.80. The average molecular weight is 214 g/mol. The third kappa shape index (κ3) is 1.61. The van der Waals surface area contributed by atoms with Crippen molar-refractivity contribution >= 4 is 23.0 Å². The van der Waals surface area contributed by atoms with Crippen LogP contribution in [0.4, 0.5) is 0 Å². The van der Waals surface area contributed by atoms with Gasteiger partial charge in [-0.25, -0.2) is 0 Å². The van der Waals surface area contributed by atoms with Gasteiger partial charge in [0.25, 0.3) is 0 Å². The lowest BCUT2D eigenvalue weighted by Gasteiger charge is -2.08. The fraction of sp³-hybridized carbons (Fsp3) is 0. The SMILES string of the molecule is C=C(NC=O)c1ccc(O)c2ncccc12. The first-order chi connectivity index (χ1) is 7.74. The molecule has 0 radical (unpaired) electrons. The summed E-state index contributed by atoms with van der Waals surface area (Å²) in [7, 11) is 0. The summed E-state index contributed by atoms with van der Waals surface area (Å²) in [5.41, 5.74) is 1.72. The molecule has 0 aliphatic rings. The molecule has 4 heteroatoms. The van der Waals surface area contributed by atoms with Crippen LogP contribution >= 0.6 is 0 Å². The van der Waals surface area contributed by atoms with E-state index in [9.17, 15) is 9.90 Å². The van der Waals surface area contributed by atoms with Crippen LogP contribution in [0.3, 0.4) is 0 Å². The molecule has 0 fully saturated rings. The highest BCUT2D eigenvalue weighted by atomic mass is 16.3. The number of nitrogens with one attached hydrogen (secondary N) is 1. The molecule has 0 spiro atoms. The van der Waals surface area contributed by atoms with E-state index in [1.807, 2.05) is 6.07 Å². The topological polar surface area (TPSA) is 62.2 Å². The number of fused-ring (bicyclic) bond motifs is 1. The van der Waals surface area contributed by atoms with E-state index in [1.54, 1.807) is 18.3 Å². The Morgan fingerprint density at radius 2 is 2.25 bits per heavy atom. The molecule has 1 heterocycles. The van der Waals surface area contributed by atoms with Gasteiger partial charge in [-0.2, -0.15) is 0 Å². The van der Waals surface area contributed by atoms with E-state index in [0.717, 1.165) is 10.9 Å². The predicted octanol–water partition coefficient (Wildman–Crippen LogP) is 1.66. The van der Waals surface area contributed by atoms with Gasteiger partial charge in [-0.15, -0.1) is 0 Å². The molecule has 0 saturated heterocycles. The smallest absolute Gasteiger partial charge is 0.211 e. The molecule has 0 atom stereocenters. The lowest BCUT2D eigenvalue weighted by molar-refractivity contribution is -0.108. The Balaban J connectivity index is 2.67. The predicted molar refractivity (Wildman–Crippen MR) is 61.6 cm³/mol. The fourth-order valence-electron chi connectivity index (χ4n) is 1.57. The van der Waals surface area contributed by atoms with Crippen LogP contribution < -0.4 is 5.32 Å². The normalized spacial score (nSPS) is 10.0. The largest absolute Gasteiger partial charge is 0.506 e. The summed E-state index contributed by atoms with van der Waals surface area (Å²) in [6.07, 6.45) is 2.17. The molecule has 0 bridgehead atoms. The number of carbonyl (C=O) groups is 1. The molecule has 0 saturated carbocycles. The van der Waals surface area contributed by atoms with Crippen LogP contribution in [0, 0.1) is 0 Å². The number of phenolic OH excluding ortho intramolecular Hbond substituents is 1. The van der Waals surface area contributed by atoms with Gasteiger partial charge in [-0.05, 0) is 18.2 Å². The molecule has 0 unspecified atom stereocenters. The number of aromatic nitrogens is 1. The van der Waals surface area contributed by atoms with E-state index in [1.165, 1.54) is 6.07 Å². The molecule has 1 amide bonds. The summed E-state index contributed by atoms with van der Waals surface area (Å²) < 4.78 is 0. The van der Waals surface area contributed by atoms with Crippen LogP contribution in [0.2, 0.25) is 0 Å². The first-order valence-electron chi connectivity index (χ1n) is 4.70. The maximum absolute atomic E-state index is 10.4. The molecule has 0 aliphatic heterocycles. The summed E-state index contributed by atoms with van der Waals surface area (Å²) in [5.74, 6) is 0.109. The summed E-state index contributed by atoms with van der Waals surface area (Å²) >= 11 is 0. The fourth-order valence-corrected chi connectivity index (χ4v) is 1.57. The maximum Gasteiger partial charge on any atom is 0.211 e. The van der Waals surface area contributed by atoms with Crippen molar-refractivity contribution < 1.29 is 9.90 Å². The Kier molecular flexibility index (Phi) is 2.55. The van der Waals surface area contributed by atoms with E-state index < -0.39 is 0 Å². The molecular formula is C12H10N2O2. The highest BCUT2D eigenvalue weighted by Crippen LogP contribution is 2.27. The number of hydrogen-bond donors (Lipinski definition) is 2. The quantitative estimate of drug-likeness (QED) is 0.764. The van der Waals surface area contributed by atoms with Crippen molar-refractivity contribution in [3.05, 3.63) is 42.6 Å². The molecular weight excluding hydrogens is 204 g/mol. The van der Waals surface area contributed by atoms with Crippen LogP contribution in [0.15, 0.2) is 37.0 Å². The Labute approximate surface area is 92.2 Å². The van der Waals surface area contributed by atoms with Crippen molar-refractivity contribution in [2.24, 2.45) is 0 Å². The summed E-state index contributed by atoms with van der Waals surface area (Å²) in [4.78, 5) is 14.4. The van der Waals surface area contributed by atoms with Gasteiger partial charge < -0.3 is 10.4 Å². The van der Waals surface area contributed by atoms with Crippen LogP contribution in [-0.4, -0.2) is 16.5 Å². The average Bonchev–Trinajstić information content (AvgIpc) is 2.30. The summed E-state index contributed by atoms with van der Waals surface area (Å²) in [6.45, 7) is 3.74. The zero-order valence-corrected chi connectivity index (χ0v) is 8.47. The third-order valence-corrected chi connectivity index (χ3v) is 2.31. The molecule has 0 aliphatic carbocycles. The maximum atomic E-state index is 10.4. The second-order valence-corrected chi connectivity index (χ2v) is 3.27. The number of phenols is 1. The highest BCUT2D eigenvalue weighted by Gasteiger charge is 2.07. The lowest BCUT2D eigenvalue weighted by atomic mass is 10.1.